The first-order valence-electron chi connectivity index (χ1n) is 6.56. The van der Waals surface area contributed by atoms with Gasteiger partial charge in [0.25, 0.3) is 0 Å². The highest BCUT2D eigenvalue weighted by molar-refractivity contribution is 6.31. The number of halogens is 1. The minimum Gasteiger partial charge on any atom is -0.388 e. The van der Waals surface area contributed by atoms with E-state index in [2.05, 4.69) is 5.10 Å². The zero-order chi connectivity index (χ0) is 13.9. The molecule has 1 aromatic heterocycles. The van der Waals surface area contributed by atoms with Crippen molar-refractivity contribution in [3.63, 3.8) is 0 Å². The van der Waals surface area contributed by atoms with Gasteiger partial charge in [0.1, 0.15) is 0 Å². The van der Waals surface area contributed by atoms with Gasteiger partial charge < -0.3 is 10.8 Å². The van der Waals surface area contributed by atoms with Crippen molar-refractivity contribution in [3.05, 3.63) is 16.4 Å². The lowest BCUT2D eigenvalue weighted by molar-refractivity contribution is 0.00236. The van der Waals surface area contributed by atoms with Crippen LogP contribution in [0.3, 0.4) is 0 Å². The molecule has 1 rings (SSSR count). The monoisotopic (exact) mass is 273 g/mol. The van der Waals surface area contributed by atoms with Crippen molar-refractivity contribution >= 4 is 11.6 Å². The van der Waals surface area contributed by atoms with E-state index in [9.17, 15) is 5.11 Å². The summed E-state index contributed by atoms with van der Waals surface area (Å²) in [4.78, 5) is 0. The van der Waals surface area contributed by atoms with Crippen LogP contribution in [-0.2, 0) is 19.4 Å². The van der Waals surface area contributed by atoms with Gasteiger partial charge in [-0.25, -0.2) is 0 Å². The number of hydrogen-bond donors (Lipinski definition) is 2. The highest BCUT2D eigenvalue weighted by Crippen LogP contribution is 2.28. The number of nitrogens with zero attached hydrogens (tertiary/aromatic N) is 2. The van der Waals surface area contributed by atoms with Crippen LogP contribution in [0, 0.1) is 5.92 Å². The SMILES string of the molecule is CCc1nn(CC)c(CC(O)(CN)C(C)C)c1Cl. The van der Waals surface area contributed by atoms with Crippen LogP contribution in [0.2, 0.25) is 5.02 Å². The molecule has 3 N–H and O–H groups in total. The van der Waals surface area contributed by atoms with E-state index in [0.29, 0.717) is 11.4 Å². The predicted octanol–water partition coefficient (Wildman–Crippen LogP) is 2.01. The minimum atomic E-state index is -0.929. The van der Waals surface area contributed by atoms with Gasteiger partial charge in [-0.05, 0) is 19.3 Å². The third kappa shape index (κ3) is 2.87. The largest absolute Gasteiger partial charge is 0.388 e. The lowest BCUT2D eigenvalue weighted by Crippen LogP contribution is -2.45. The first-order chi connectivity index (χ1) is 8.39. The first kappa shape index (κ1) is 15.5. The van der Waals surface area contributed by atoms with E-state index in [4.69, 9.17) is 17.3 Å². The number of aliphatic hydroxyl groups is 1. The van der Waals surface area contributed by atoms with Gasteiger partial charge in [0.2, 0.25) is 0 Å². The molecule has 0 fully saturated rings. The van der Waals surface area contributed by atoms with Gasteiger partial charge in [-0.15, -0.1) is 0 Å². The zero-order valence-corrected chi connectivity index (χ0v) is 12.5. The lowest BCUT2D eigenvalue weighted by atomic mass is 9.86. The number of hydrogen-bond acceptors (Lipinski definition) is 3. The molecule has 1 aromatic rings. The van der Waals surface area contributed by atoms with E-state index in [-0.39, 0.29) is 12.5 Å². The summed E-state index contributed by atoms with van der Waals surface area (Å²) in [5, 5.41) is 15.7. The van der Waals surface area contributed by atoms with E-state index in [1.807, 2.05) is 32.4 Å². The highest BCUT2D eigenvalue weighted by atomic mass is 35.5. The molecule has 104 valence electrons. The molecular weight excluding hydrogens is 250 g/mol. The quantitative estimate of drug-likeness (QED) is 0.833. The van der Waals surface area contributed by atoms with Gasteiger partial charge in [0.05, 0.1) is 22.0 Å². The van der Waals surface area contributed by atoms with Gasteiger partial charge in [0, 0.05) is 19.5 Å². The number of nitrogens with two attached hydrogens (primary N) is 1. The van der Waals surface area contributed by atoms with Gasteiger partial charge in [-0.3, -0.25) is 4.68 Å². The van der Waals surface area contributed by atoms with E-state index in [1.54, 1.807) is 0 Å². The summed E-state index contributed by atoms with van der Waals surface area (Å²) in [6.45, 7) is 8.94. The summed E-state index contributed by atoms with van der Waals surface area (Å²) in [5.41, 5.74) is 6.56. The Bertz CT molecular complexity index is 403. The average molecular weight is 274 g/mol. The Morgan fingerprint density at radius 2 is 2.06 bits per heavy atom. The van der Waals surface area contributed by atoms with E-state index < -0.39 is 5.60 Å². The molecule has 1 heterocycles. The fourth-order valence-corrected chi connectivity index (χ4v) is 2.32. The van der Waals surface area contributed by atoms with Crippen molar-refractivity contribution in [2.75, 3.05) is 6.54 Å². The standard InChI is InChI=1S/C13H24ClN3O/c1-5-10-12(14)11(17(6-2)16-10)7-13(18,8-15)9(3)4/h9,18H,5-8,15H2,1-4H3. The third-order valence-electron chi connectivity index (χ3n) is 3.60. The molecule has 4 nitrogen and oxygen atoms in total. The normalized spacial score (nSPS) is 15.1. The highest BCUT2D eigenvalue weighted by Gasteiger charge is 2.32. The first-order valence-corrected chi connectivity index (χ1v) is 6.93. The zero-order valence-electron chi connectivity index (χ0n) is 11.7. The van der Waals surface area contributed by atoms with Crippen LogP contribution in [0.15, 0.2) is 0 Å². The molecule has 0 aromatic carbocycles. The van der Waals surface area contributed by atoms with Crippen molar-refractivity contribution in [2.24, 2.45) is 11.7 Å². The minimum absolute atomic E-state index is 0.0730. The fourth-order valence-electron chi connectivity index (χ4n) is 1.99. The Kier molecular flexibility index (Phi) is 5.20. The summed E-state index contributed by atoms with van der Waals surface area (Å²) in [5.74, 6) is 0.0730. The Morgan fingerprint density at radius 3 is 2.44 bits per heavy atom. The van der Waals surface area contributed by atoms with Crippen LogP contribution in [0.1, 0.15) is 39.1 Å². The van der Waals surface area contributed by atoms with E-state index in [0.717, 1.165) is 24.4 Å². The number of aromatic nitrogens is 2. The second-order valence-corrected chi connectivity index (χ2v) is 5.39. The van der Waals surface area contributed by atoms with Crippen LogP contribution < -0.4 is 5.73 Å². The molecule has 0 saturated carbocycles. The smallest absolute Gasteiger partial charge is 0.0851 e. The Hall–Kier alpha value is -0.580. The molecule has 1 unspecified atom stereocenters. The molecule has 5 heteroatoms. The molecule has 0 spiro atoms. The van der Waals surface area contributed by atoms with Crippen LogP contribution in [0.4, 0.5) is 0 Å². The molecule has 0 aliphatic rings. The third-order valence-corrected chi connectivity index (χ3v) is 4.03. The van der Waals surface area contributed by atoms with Crippen LogP contribution in [-0.4, -0.2) is 27.0 Å². The summed E-state index contributed by atoms with van der Waals surface area (Å²) < 4.78 is 1.87. The van der Waals surface area contributed by atoms with E-state index >= 15 is 0 Å². The summed E-state index contributed by atoms with van der Waals surface area (Å²) in [7, 11) is 0. The lowest BCUT2D eigenvalue weighted by Gasteiger charge is -2.31. The van der Waals surface area contributed by atoms with Crippen LogP contribution in [0.5, 0.6) is 0 Å². The van der Waals surface area contributed by atoms with Crippen LogP contribution >= 0.6 is 11.6 Å². The van der Waals surface area contributed by atoms with Gasteiger partial charge >= 0.3 is 0 Å². The number of rotatable bonds is 6. The van der Waals surface area contributed by atoms with Crippen LogP contribution in [0.25, 0.3) is 0 Å². The maximum Gasteiger partial charge on any atom is 0.0851 e. The van der Waals surface area contributed by atoms with Gasteiger partial charge in [-0.2, -0.15) is 5.10 Å². The average Bonchev–Trinajstić information content (AvgIpc) is 2.65. The summed E-state index contributed by atoms with van der Waals surface area (Å²) >= 11 is 6.34. The van der Waals surface area contributed by atoms with Crippen molar-refractivity contribution < 1.29 is 5.11 Å². The van der Waals surface area contributed by atoms with Crippen molar-refractivity contribution in [3.8, 4) is 0 Å². The maximum absolute atomic E-state index is 10.6. The summed E-state index contributed by atoms with van der Waals surface area (Å²) in [6.07, 6.45) is 1.24. The molecule has 18 heavy (non-hydrogen) atoms. The molecular formula is C13H24ClN3O. The topological polar surface area (TPSA) is 64.1 Å². The molecule has 0 radical (unpaired) electrons. The molecule has 0 aliphatic heterocycles. The van der Waals surface area contributed by atoms with Crippen molar-refractivity contribution in [1.29, 1.82) is 0 Å². The molecule has 0 bridgehead atoms. The predicted molar refractivity (Wildman–Crippen MR) is 74.8 cm³/mol. The Morgan fingerprint density at radius 1 is 1.44 bits per heavy atom. The second-order valence-electron chi connectivity index (χ2n) is 5.02. The Labute approximate surface area is 114 Å². The molecule has 0 aliphatic carbocycles. The number of aryl methyl sites for hydroxylation is 2. The molecule has 0 saturated heterocycles. The van der Waals surface area contributed by atoms with Gasteiger partial charge in [0.15, 0.2) is 0 Å². The summed E-state index contributed by atoms with van der Waals surface area (Å²) in [6, 6.07) is 0. The molecule has 1 atom stereocenters. The Balaban J connectivity index is 3.13. The van der Waals surface area contributed by atoms with Gasteiger partial charge in [-0.1, -0.05) is 32.4 Å². The maximum atomic E-state index is 10.6. The van der Waals surface area contributed by atoms with Crippen molar-refractivity contribution in [1.82, 2.24) is 9.78 Å². The van der Waals surface area contributed by atoms with E-state index in [1.165, 1.54) is 0 Å². The molecule has 0 amide bonds. The van der Waals surface area contributed by atoms with Crippen molar-refractivity contribution in [2.45, 2.75) is 52.7 Å². The second kappa shape index (κ2) is 6.04. The fraction of sp³-hybridized carbons (Fsp3) is 0.769.